The summed E-state index contributed by atoms with van der Waals surface area (Å²) >= 11 is 0. The van der Waals surface area contributed by atoms with Crippen LogP contribution >= 0.6 is 0 Å². The van der Waals surface area contributed by atoms with E-state index >= 15 is 0 Å². The number of aromatic nitrogens is 3. The summed E-state index contributed by atoms with van der Waals surface area (Å²) in [6, 6.07) is 5.19. The maximum atomic E-state index is 13.0. The Balaban J connectivity index is 1.82. The Morgan fingerprint density at radius 3 is 2.71 bits per heavy atom. The first-order valence-corrected chi connectivity index (χ1v) is 8.93. The van der Waals surface area contributed by atoms with Crippen molar-refractivity contribution in [3.8, 4) is 11.5 Å². The van der Waals surface area contributed by atoms with Crippen LogP contribution in [0.4, 0.5) is 11.8 Å². The van der Waals surface area contributed by atoms with E-state index in [1.165, 1.54) is 17.0 Å². The van der Waals surface area contributed by atoms with Crippen LogP contribution in [0.5, 0.6) is 11.5 Å². The first kappa shape index (κ1) is 17.8. The zero-order chi connectivity index (χ0) is 19.7. The molecule has 0 spiro atoms. The van der Waals surface area contributed by atoms with Crippen molar-refractivity contribution >= 4 is 28.4 Å². The maximum Gasteiger partial charge on any atom is 0.260 e. The molecule has 0 unspecified atom stereocenters. The minimum absolute atomic E-state index is 0.0764. The van der Waals surface area contributed by atoms with Crippen molar-refractivity contribution in [1.82, 2.24) is 14.5 Å². The lowest BCUT2D eigenvalue weighted by molar-refractivity contribution is 0.102. The normalized spacial score (nSPS) is 13.2. The Morgan fingerprint density at radius 1 is 1.21 bits per heavy atom. The summed E-state index contributed by atoms with van der Waals surface area (Å²) in [5, 5.41) is 3.85. The molecule has 1 aliphatic rings. The van der Waals surface area contributed by atoms with Gasteiger partial charge in [-0.25, -0.2) is 9.97 Å². The molecule has 2 aromatic heterocycles. The van der Waals surface area contributed by atoms with E-state index in [0.717, 1.165) is 6.42 Å². The van der Waals surface area contributed by atoms with Crippen molar-refractivity contribution in [1.29, 1.82) is 0 Å². The molecule has 0 atom stereocenters. The van der Waals surface area contributed by atoms with E-state index in [-0.39, 0.29) is 17.1 Å². The van der Waals surface area contributed by atoms with Gasteiger partial charge >= 0.3 is 0 Å². The number of nitrogen functional groups attached to an aromatic ring is 1. The number of hydrogen-bond acceptors (Lipinski definition) is 7. The fourth-order valence-corrected chi connectivity index (χ4v) is 3.12. The van der Waals surface area contributed by atoms with Gasteiger partial charge in [-0.1, -0.05) is 0 Å². The molecular formula is C19H19N5O4. The smallest absolute Gasteiger partial charge is 0.260 e. The van der Waals surface area contributed by atoms with Crippen molar-refractivity contribution in [2.75, 3.05) is 24.3 Å². The summed E-state index contributed by atoms with van der Waals surface area (Å²) < 4.78 is 13.0. The lowest BCUT2D eigenvalue weighted by atomic mass is 10.1. The van der Waals surface area contributed by atoms with E-state index in [9.17, 15) is 9.59 Å². The predicted octanol–water partition coefficient (Wildman–Crippen LogP) is 1.81. The molecule has 3 heterocycles. The van der Waals surface area contributed by atoms with Gasteiger partial charge in [-0.05, 0) is 25.1 Å². The lowest BCUT2D eigenvalue weighted by Crippen LogP contribution is -2.25. The molecular weight excluding hydrogens is 362 g/mol. The van der Waals surface area contributed by atoms with E-state index < -0.39 is 5.91 Å². The molecule has 28 heavy (non-hydrogen) atoms. The van der Waals surface area contributed by atoms with Crippen LogP contribution in [-0.2, 0) is 6.54 Å². The summed E-state index contributed by atoms with van der Waals surface area (Å²) in [6.45, 7) is 3.26. The molecule has 9 nitrogen and oxygen atoms in total. The average Bonchev–Trinajstić information content (AvgIpc) is 2.94. The van der Waals surface area contributed by atoms with Crippen LogP contribution in [0, 0.1) is 0 Å². The number of rotatable bonds is 3. The highest BCUT2D eigenvalue weighted by atomic mass is 16.5. The van der Waals surface area contributed by atoms with Gasteiger partial charge in [0, 0.05) is 30.7 Å². The van der Waals surface area contributed by atoms with Crippen LogP contribution < -0.4 is 26.1 Å². The first-order valence-electron chi connectivity index (χ1n) is 8.93. The molecule has 0 saturated carbocycles. The Hall–Kier alpha value is -3.62. The number of nitrogens with one attached hydrogen (secondary N) is 1. The van der Waals surface area contributed by atoms with Crippen molar-refractivity contribution in [3.05, 3.63) is 46.5 Å². The molecule has 0 saturated heterocycles. The minimum atomic E-state index is -0.444. The molecule has 3 aromatic rings. The molecule has 0 bridgehead atoms. The Morgan fingerprint density at radius 2 is 1.96 bits per heavy atom. The molecule has 9 heteroatoms. The van der Waals surface area contributed by atoms with E-state index in [4.69, 9.17) is 15.2 Å². The van der Waals surface area contributed by atoms with Crippen LogP contribution in [0.2, 0.25) is 0 Å². The number of hydrogen-bond donors (Lipinski definition) is 2. The van der Waals surface area contributed by atoms with E-state index in [1.54, 1.807) is 18.2 Å². The topological polar surface area (TPSA) is 121 Å². The molecule has 1 amide bonds. The standard InChI is InChI=1S/C19H19N5O4/c1-2-24-15(23-17(25)11-9-21-19(20)22-10-11)8-13-12(18(24)26)4-5-14-16(13)28-7-3-6-27-14/h4-5,8-10H,2-3,6-7H2,1H3,(H,23,25)(H2,20,21,22). The van der Waals surface area contributed by atoms with Gasteiger partial charge in [0.2, 0.25) is 5.95 Å². The highest BCUT2D eigenvalue weighted by Crippen LogP contribution is 2.37. The second-order valence-electron chi connectivity index (χ2n) is 6.27. The summed E-state index contributed by atoms with van der Waals surface area (Å²) in [7, 11) is 0. The van der Waals surface area contributed by atoms with E-state index in [1.807, 2.05) is 6.92 Å². The van der Waals surface area contributed by atoms with Crippen molar-refractivity contribution in [2.45, 2.75) is 19.9 Å². The van der Waals surface area contributed by atoms with Gasteiger partial charge in [0.15, 0.2) is 11.5 Å². The second-order valence-corrected chi connectivity index (χ2v) is 6.27. The number of fused-ring (bicyclic) bond motifs is 3. The highest BCUT2D eigenvalue weighted by Gasteiger charge is 2.19. The Kier molecular flexibility index (Phi) is 4.56. The predicted molar refractivity (Wildman–Crippen MR) is 104 cm³/mol. The van der Waals surface area contributed by atoms with E-state index in [2.05, 4.69) is 15.3 Å². The zero-order valence-electron chi connectivity index (χ0n) is 15.3. The molecule has 0 fully saturated rings. The van der Waals surface area contributed by atoms with Crippen LogP contribution in [-0.4, -0.2) is 33.7 Å². The summed E-state index contributed by atoms with van der Waals surface area (Å²) in [6.07, 6.45) is 3.41. The van der Waals surface area contributed by atoms with Gasteiger partial charge in [0.1, 0.15) is 5.82 Å². The van der Waals surface area contributed by atoms with Crippen LogP contribution in [0.15, 0.2) is 35.4 Å². The molecule has 1 aromatic carbocycles. The summed E-state index contributed by atoms with van der Waals surface area (Å²) in [4.78, 5) is 33.2. The van der Waals surface area contributed by atoms with Crippen molar-refractivity contribution in [3.63, 3.8) is 0 Å². The molecule has 3 N–H and O–H groups in total. The van der Waals surface area contributed by atoms with Gasteiger partial charge in [0.05, 0.1) is 24.2 Å². The Labute approximate surface area is 160 Å². The number of pyridine rings is 1. The van der Waals surface area contributed by atoms with Crippen molar-refractivity contribution in [2.24, 2.45) is 0 Å². The third-order valence-corrected chi connectivity index (χ3v) is 4.49. The largest absolute Gasteiger partial charge is 0.490 e. The number of anilines is 2. The number of carbonyl (C=O) groups is 1. The fourth-order valence-electron chi connectivity index (χ4n) is 3.12. The van der Waals surface area contributed by atoms with Crippen LogP contribution in [0.25, 0.3) is 10.8 Å². The van der Waals surface area contributed by atoms with Gasteiger partial charge in [-0.3, -0.25) is 14.2 Å². The van der Waals surface area contributed by atoms with Gasteiger partial charge in [-0.15, -0.1) is 0 Å². The molecule has 0 radical (unpaired) electrons. The van der Waals surface area contributed by atoms with Gasteiger partial charge in [0.25, 0.3) is 11.5 Å². The molecule has 0 aliphatic carbocycles. The quantitative estimate of drug-likeness (QED) is 0.709. The zero-order valence-corrected chi connectivity index (χ0v) is 15.3. The van der Waals surface area contributed by atoms with Gasteiger partial charge in [-0.2, -0.15) is 0 Å². The molecule has 4 rings (SSSR count). The third kappa shape index (κ3) is 3.11. The number of benzene rings is 1. The Bertz CT molecular complexity index is 1110. The van der Waals surface area contributed by atoms with Crippen molar-refractivity contribution < 1.29 is 14.3 Å². The maximum absolute atomic E-state index is 13.0. The number of nitrogens with two attached hydrogens (primary N) is 1. The summed E-state index contributed by atoms with van der Waals surface area (Å²) in [5.74, 6) is 1.08. The summed E-state index contributed by atoms with van der Waals surface area (Å²) in [5.41, 5.74) is 5.47. The lowest BCUT2D eigenvalue weighted by Gasteiger charge is -2.16. The molecule has 1 aliphatic heterocycles. The SMILES string of the molecule is CCn1c(NC(=O)c2cnc(N)nc2)cc2c3c(ccc2c1=O)OCCCO3. The first-order chi connectivity index (χ1) is 13.6. The van der Waals surface area contributed by atoms with Crippen LogP contribution in [0.3, 0.4) is 0 Å². The molecule has 144 valence electrons. The monoisotopic (exact) mass is 381 g/mol. The third-order valence-electron chi connectivity index (χ3n) is 4.49. The number of ether oxygens (including phenoxy) is 2. The second kappa shape index (κ2) is 7.18. The number of carbonyl (C=O) groups excluding carboxylic acids is 1. The van der Waals surface area contributed by atoms with Gasteiger partial charge < -0.3 is 20.5 Å². The number of nitrogens with zero attached hydrogens (tertiary/aromatic N) is 3. The average molecular weight is 381 g/mol. The minimum Gasteiger partial charge on any atom is -0.490 e. The highest BCUT2D eigenvalue weighted by molar-refractivity contribution is 6.04. The van der Waals surface area contributed by atoms with Crippen LogP contribution in [0.1, 0.15) is 23.7 Å². The number of amides is 1. The van der Waals surface area contributed by atoms with E-state index in [0.29, 0.717) is 47.8 Å². The fraction of sp³-hybridized carbons (Fsp3) is 0.263.